The molecule has 1 unspecified atom stereocenters. The maximum absolute atomic E-state index is 12.1. The third-order valence-corrected chi connectivity index (χ3v) is 4.16. The summed E-state index contributed by atoms with van der Waals surface area (Å²) in [5.74, 6) is -0.129. The first-order valence-corrected chi connectivity index (χ1v) is 8.64. The van der Waals surface area contributed by atoms with E-state index in [1.807, 2.05) is 12.1 Å². The molecule has 5 nitrogen and oxygen atoms in total. The molecule has 1 atom stereocenters. The molecular formula is C19H26O5. The molecular weight excluding hydrogens is 308 g/mol. The Morgan fingerprint density at radius 1 is 0.958 bits per heavy atom. The van der Waals surface area contributed by atoms with Gasteiger partial charge in [0.1, 0.15) is 6.10 Å². The largest absolute Gasteiger partial charge is 0.511 e. The van der Waals surface area contributed by atoms with Crippen LogP contribution in [0.3, 0.4) is 0 Å². The van der Waals surface area contributed by atoms with E-state index < -0.39 is 18.4 Å². The number of rotatable bonds is 5. The number of hydrogen-bond donors (Lipinski definition) is 0. The second kappa shape index (κ2) is 8.71. The number of carbonyl (C=O) groups is 2. The summed E-state index contributed by atoms with van der Waals surface area (Å²) < 4.78 is 15.4. The number of esters is 1. The van der Waals surface area contributed by atoms with Gasteiger partial charge >= 0.3 is 12.1 Å². The first kappa shape index (κ1) is 18.3. The van der Waals surface area contributed by atoms with Crippen LogP contribution in [-0.2, 0) is 14.2 Å². The lowest BCUT2D eigenvalue weighted by Crippen LogP contribution is -2.26. The molecule has 0 amide bonds. The Kier molecular flexibility index (Phi) is 6.64. The van der Waals surface area contributed by atoms with Crippen molar-refractivity contribution in [3.63, 3.8) is 0 Å². The fourth-order valence-electron chi connectivity index (χ4n) is 2.73. The van der Waals surface area contributed by atoms with Gasteiger partial charge in [0.05, 0.1) is 5.56 Å². The van der Waals surface area contributed by atoms with E-state index in [9.17, 15) is 9.59 Å². The van der Waals surface area contributed by atoms with E-state index in [0.717, 1.165) is 31.2 Å². The van der Waals surface area contributed by atoms with E-state index in [1.54, 1.807) is 12.1 Å². The zero-order valence-corrected chi connectivity index (χ0v) is 14.6. The molecule has 24 heavy (non-hydrogen) atoms. The Hall–Kier alpha value is -2.04. The lowest BCUT2D eigenvalue weighted by molar-refractivity contribution is -0.0914. The van der Waals surface area contributed by atoms with Crippen LogP contribution in [0.2, 0.25) is 0 Å². The third kappa shape index (κ3) is 5.55. The van der Waals surface area contributed by atoms with Crippen molar-refractivity contribution in [1.29, 1.82) is 0 Å². The number of carbonyl (C=O) groups excluding carboxylic acids is 2. The fourth-order valence-corrected chi connectivity index (χ4v) is 2.73. The van der Waals surface area contributed by atoms with Crippen molar-refractivity contribution in [3.05, 3.63) is 35.4 Å². The topological polar surface area (TPSA) is 61.8 Å². The van der Waals surface area contributed by atoms with Gasteiger partial charge in [0.2, 0.25) is 6.29 Å². The molecule has 0 N–H and O–H groups in total. The molecule has 1 fully saturated rings. The SMILES string of the molecule is CC(OC(=O)OC1CCCCC1)OC(=O)c1ccc(C(C)C)cc1. The lowest BCUT2D eigenvalue weighted by Gasteiger charge is -2.22. The molecule has 0 heterocycles. The Bertz CT molecular complexity index is 543. The van der Waals surface area contributed by atoms with Crippen LogP contribution in [0.1, 0.15) is 74.7 Å². The van der Waals surface area contributed by atoms with Crippen molar-refractivity contribution in [3.8, 4) is 0 Å². The molecule has 0 bridgehead atoms. The van der Waals surface area contributed by atoms with Crippen molar-refractivity contribution in [2.75, 3.05) is 0 Å². The van der Waals surface area contributed by atoms with Crippen LogP contribution < -0.4 is 0 Å². The average molecular weight is 334 g/mol. The Labute approximate surface area is 143 Å². The van der Waals surface area contributed by atoms with Gasteiger partial charge in [-0.25, -0.2) is 9.59 Å². The molecule has 1 aromatic rings. The van der Waals surface area contributed by atoms with Gasteiger partial charge in [-0.15, -0.1) is 0 Å². The minimum absolute atomic E-state index is 0.0854. The number of benzene rings is 1. The average Bonchev–Trinajstić information content (AvgIpc) is 2.55. The summed E-state index contributed by atoms with van der Waals surface area (Å²) in [6.45, 7) is 5.67. The molecule has 1 aromatic carbocycles. The van der Waals surface area contributed by atoms with E-state index >= 15 is 0 Å². The molecule has 5 heteroatoms. The molecule has 0 aliphatic heterocycles. The highest BCUT2D eigenvalue weighted by Crippen LogP contribution is 2.21. The summed E-state index contributed by atoms with van der Waals surface area (Å²) in [6, 6.07) is 7.21. The zero-order valence-electron chi connectivity index (χ0n) is 14.6. The summed E-state index contributed by atoms with van der Waals surface area (Å²) in [4.78, 5) is 23.8. The summed E-state index contributed by atoms with van der Waals surface area (Å²) >= 11 is 0. The number of ether oxygens (including phenoxy) is 3. The van der Waals surface area contributed by atoms with Crippen LogP contribution >= 0.6 is 0 Å². The first-order chi connectivity index (χ1) is 11.5. The Morgan fingerprint density at radius 3 is 2.17 bits per heavy atom. The van der Waals surface area contributed by atoms with E-state index in [4.69, 9.17) is 14.2 Å². The van der Waals surface area contributed by atoms with Gasteiger partial charge in [0.25, 0.3) is 0 Å². The molecule has 0 aromatic heterocycles. The van der Waals surface area contributed by atoms with Gasteiger partial charge < -0.3 is 14.2 Å². The summed E-state index contributed by atoms with van der Waals surface area (Å²) in [7, 11) is 0. The fraction of sp³-hybridized carbons (Fsp3) is 0.579. The van der Waals surface area contributed by atoms with Gasteiger partial charge in [-0.05, 0) is 49.3 Å². The third-order valence-electron chi connectivity index (χ3n) is 4.16. The van der Waals surface area contributed by atoms with E-state index in [0.29, 0.717) is 11.5 Å². The maximum atomic E-state index is 12.1. The molecule has 2 rings (SSSR count). The minimum Gasteiger partial charge on any atom is -0.431 e. The Balaban J connectivity index is 1.79. The molecule has 1 aliphatic carbocycles. The van der Waals surface area contributed by atoms with E-state index in [1.165, 1.54) is 13.3 Å². The van der Waals surface area contributed by atoms with Gasteiger partial charge in [-0.2, -0.15) is 0 Å². The van der Waals surface area contributed by atoms with Gasteiger partial charge in [0.15, 0.2) is 0 Å². The van der Waals surface area contributed by atoms with Crippen LogP contribution in [0.5, 0.6) is 0 Å². The van der Waals surface area contributed by atoms with Gasteiger partial charge in [-0.3, -0.25) is 0 Å². The van der Waals surface area contributed by atoms with Crippen LogP contribution in [0, 0.1) is 0 Å². The van der Waals surface area contributed by atoms with Crippen LogP contribution in [0.15, 0.2) is 24.3 Å². The molecule has 0 spiro atoms. The molecule has 0 radical (unpaired) electrons. The summed E-state index contributed by atoms with van der Waals surface area (Å²) in [5, 5.41) is 0. The van der Waals surface area contributed by atoms with E-state index in [-0.39, 0.29) is 6.10 Å². The van der Waals surface area contributed by atoms with E-state index in [2.05, 4.69) is 13.8 Å². The van der Waals surface area contributed by atoms with Crippen LogP contribution in [-0.4, -0.2) is 24.5 Å². The smallest absolute Gasteiger partial charge is 0.431 e. The maximum Gasteiger partial charge on any atom is 0.511 e. The van der Waals surface area contributed by atoms with Crippen LogP contribution in [0.4, 0.5) is 4.79 Å². The van der Waals surface area contributed by atoms with Crippen molar-refractivity contribution in [2.24, 2.45) is 0 Å². The summed E-state index contributed by atoms with van der Waals surface area (Å²) in [6.07, 6.45) is 3.19. The van der Waals surface area contributed by atoms with Crippen molar-refractivity contribution in [2.45, 2.75) is 71.2 Å². The van der Waals surface area contributed by atoms with Gasteiger partial charge in [-0.1, -0.05) is 32.4 Å². The second-order valence-electron chi connectivity index (χ2n) is 6.50. The predicted molar refractivity (Wildman–Crippen MR) is 89.8 cm³/mol. The standard InChI is InChI=1S/C19H26O5/c1-13(2)15-9-11-16(12-10-15)18(20)22-14(3)23-19(21)24-17-7-5-4-6-8-17/h9-14,17H,4-8H2,1-3H3. The molecule has 0 saturated heterocycles. The lowest BCUT2D eigenvalue weighted by atomic mass is 9.98. The first-order valence-electron chi connectivity index (χ1n) is 8.64. The van der Waals surface area contributed by atoms with Crippen LogP contribution in [0.25, 0.3) is 0 Å². The quantitative estimate of drug-likeness (QED) is 0.572. The monoisotopic (exact) mass is 334 g/mol. The minimum atomic E-state index is -0.988. The zero-order chi connectivity index (χ0) is 17.5. The molecule has 132 valence electrons. The van der Waals surface area contributed by atoms with Gasteiger partial charge in [0, 0.05) is 6.92 Å². The highest BCUT2D eigenvalue weighted by Gasteiger charge is 2.21. The normalized spacial score (nSPS) is 16.5. The molecule has 1 saturated carbocycles. The van der Waals surface area contributed by atoms with Crippen molar-refractivity contribution < 1.29 is 23.8 Å². The highest BCUT2D eigenvalue weighted by molar-refractivity contribution is 5.89. The summed E-state index contributed by atoms with van der Waals surface area (Å²) in [5.41, 5.74) is 1.57. The van der Waals surface area contributed by atoms with Crippen molar-refractivity contribution >= 4 is 12.1 Å². The van der Waals surface area contributed by atoms with Crippen molar-refractivity contribution in [1.82, 2.24) is 0 Å². The Morgan fingerprint density at radius 2 is 1.58 bits per heavy atom. The molecule has 1 aliphatic rings. The predicted octanol–water partition coefficient (Wildman–Crippen LogP) is 4.80. The highest BCUT2D eigenvalue weighted by atomic mass is 16.8. The number of hydrogen-bond acceptors (Lipinski definition) is 5. The second-order valence-corrected chi connectivity index (χ2v) is 6.50.